The van der Waals surface area contributed by atoms with Gasteiger partial charge in [-0.05, 0) is 29.1 Å². The number of nitrogens with two attached hydrogens (primary N) is 1. The zero-order valence-corrected chi connectivity index (χ0v) is 13.3. The lowest BCUT2D eigenvalue weighted by Gasteiger charge is -2.14. The molecule has 0 saturated carbocycles. The highest BCUT2D eigenvalue weighted by Gasteiger charge is 2.16. The predicted octanol–water partition coefficient (Wildman–Crippen LogP) is 4.04. The van der Waals surface area contributed by atoms with Crippen LogP contribution in [0.1, 0.15) is 18.0 Å². The molecule has 0 radical (unpaired) electrons. The molecule has 0 bridgehead atoms. The van der Waals surface area contributed by atoms with E-state index in [-0.39, 0.29) is 12.8 Å². The lowest BCUT2D eigenvalue weighted by molar-refractivity contribution is 0.174. The van der Waals surface area contributed by atoms with E-state index in [0.717, 1.165) is 34.6 Å². The van der Waals surface area contributed by atoms with Crippen LogP contribution in [0.5, 0.6) is 17.2 Å². The van der Waals surface area contributed by atoms with Crippen LogP contribution in [-0.2, 0) is 0 Å². The van der Waals surface area contributed by atoms with E-state index in [1.807, 2.05) is 42.5 Å². The summed E-state index contributed by atoms with van der Waals surface area (Å²) >= 11 is 0. The van der Waals surface area contributed by atoms with E-state index in [9.17, 15) is 0 Å². The molecule has 4 rings (SSSR count). The highest BCUT2D eigenvalue weighted by Crippen LogP contribution is 2.34. The normalized spacial score (nSPS) is 13.9. The van der Waals surface area contributed by atoms with Crippen molar-refractivity contribution >= 4 is 10.8 Å². The van der Waals surface area contributed by atoms with Crippen LogP contribution < -0.4 is 19.9 Å². The predicted molar refractivity (Wildman–Crippen MR) is 93.6 cm³/mol. The van der Waals surface area contributed by atoms with E-state index in [2.05, 4.69) is 18.2 Å². The Morgan fingerprint density at radius 3 is 2.75 bits per heavy atom. The third kappa shape index (κ3) is 2.88. The molecule has 1 aliphatic heterocycles. The molecule has 2 N–H and O–H groups in total. The summed E-state index contributed by atoms with van der Waals surface area (Å²) < 4.78 is 16.7. The first-order valence-electron chi connectivity index (χ1n) is 8.07. The van der Waals surface area contributed by atoms with Gasteiger partial charge in [-0.1, -0.05) is 42.5 Å². The molecule has 0 saturated heterocycles. The molecule has 0 spiro atoms. The van der Waals surface area contributed by atoms with Gasteiger partial charge >= 0.3 is 0 Å². The Balaban J connectivity index is 1.41. The molecule has 0 fully saturated rings. The molecule has 3 aromatic carbocycles. The average Bonchev–Trinajstić information content (AvgIpc) is 3.09. The third-order valence-corrected chi connectivity index (χ3v) is 4.26. The fourth-order valence-corrected chi connectivity index (χ4v) is 2.93. The molecule has 24 heavy (non-hydrogen) atoms. The van der Waals surface area contributed by atoms with E-state index in [0.29, 0.717) is 6.61 Å². The molecule has 0 amide bonds. The second-order valence-electron chi connectivity index (χ2n) is 5.83. The number of ether oxygens (including phenoxy) is 3. The second kappa shape index (κ2) is 6.42. The first-order chi connectivity index (χ1) is 11.8. The minimum atomic E-state index is -0.102. The Morgan fingerprint density at radius 1 is 0.958 bits per heavy atom. The fourth-order valence-electron chi connectivity index (χ4n) is 2.93. The van der Waals surface area contributed by atoms with Gasteiger partial charge in [-0.15, -0.1) is 0 Å². The van der Waals surface area contributed by atoms with Gasteiger partial charge in [-0.3, -0.25) is 0 Å². The maximum atomic E-state index is 6.29. The van der Waals surface area contributed by atoms with E-state index >= 15 is 0 Å². The van der Waals surface area contributed by atoms with Crippen molar-refractivity contribution in [2.75, 3.05) is 13.4 Å². The molecular weight excluding hydrogens is 302 g/mol. The largest absolute Gasteiger partial charge is 0.493 e. The third-order valence-electron chi connectivity index (χ3n) is 4.26. The fraction of sp³-hybridized carbons (Fsp3) is 0.200. The van der Waals surface area contributed by atoms with Gasteiger partial charge in [0, 0.05) is 17.8 Å². The van der Waals surface area contributed by atoms with Crippen LogP contribution in [0, 0.1) is 0 Å². The topological polar surface area (TPSA) is 53.7 Å². The van der Waals surface area contributed by atoms with Crippen molar-refractivity contribution in [1.29, 1.82) is 0 Å². The second-order valence-corrected chi connectivity index (χ2v) is 5.83. The Hall–Kier alpha value is -2.72. The van der Waals surface area contributed by atoms with Gasteiger partial charge in [0.15, 0.2) is 11.5 Å². The van der Waals surface area contributed by atoms with Crippen molar-refractivity contribution in [2.45, 2.75) is 12.5 Å². The summed E-state index contributed by atoms with van der Waals surface area (Å²) in [5.41, 5.74) is 7.32. The van der Waals surface area contributed by atoms with E-state index in [1.165, 1.54) is 5.39 Å². The van der Waals surface area contributed by atoms with Crippen LogP contribution in [0.15, 0.2) is 60.7 Å². The quantitative estimate of drug-likeness (QED) is 0.770. The summed E-state index contributed by atoms with van der Waals surface area (Å²) in [7, 11) is 0. The molecule has 4 nitrogen and oxygen atoms in total. The van der Waals surface area contributed by atoms with Gasteiger partial charge in [0.2, 0.25) is 6.79 Å². The van der Waals surface area contributed by atoms with Gasteiger partial charge in [-0.25, -0.2) is 0 Å². The van der Waals surface area contributed by atoms with Gasteiger partial charge in [0.1, 0.15) is 5.75 Å². The van der Waals surface area contributed by atoms with Crippen LogP contribution in [0.2, 0.25) is 0 Å². The Morgan fingerprint density at radius 2 is 1.79 bits per heavy atom. The number of fused-ring (bicyclic) bond motifs is 2. The van der Waals surface area contributed by atoms with Crippen LogP contribution >= 0.6 is 0 Å². The number of rotatable bonds is 5. The van der Waals surface area contributed by atoms with E-state index in [1.54, 1.807) is 0 Å². The maximum absolute atomic E-state index is 6.29. The van der Waals surface area contributed by atoms with Gasteiger partial charge in [0.25, 0.3) is 0 Å². The van der Waals surface area contributed by atoms with Crippen LogP contribution in [0.25, 0.3) is 10.8 Å². The highest BCUT2D eigenvalue weighted by molar-refractivity contribution is 5.88. The number of benzene rings is 3. The van der Waals surface area contributed by atoms with Gasteiger partial charge in [-0.2, -0.15) is 0 Å². The van der Waals surface area contributed by atoms with Crippen molar-refractivity contribution in [3.05, 3.63) is 66.2 Å². The monoisotopic (exact) mass is 321 g/mol. The summed E-state index contributed by atoms with van der Waals surface area (Å²) in [5, 5.41) is 2.30. The smallest absolute Gasteiger partial charge is 0.231 e. The van der Waals surface area contributed by atoms with E-state index in [4.69, 9.17) is 19.9 Å². The molecule has 1 aliphatic rings. The molecule has 1 unspecified atom stereocenters. The molecule has 0 aromatic heterocycles. The molecule has 1 heterocycles. The Kier molecular flexibility index (Phi) is 3.97. The highest BCUT2D eigenvalue weighted by atomic mass is 16.7. The van der Waals surface area contributed by atoms with Crippen molar-refractivity contribution in [2.24, 2.45) is 5.73 Å². The van der Waals surface area contributed by atoms with Gasteiger partial charge < -0.3 is 19.9 Å². The molecule has 0 aliphatic carbocycles. The molecule has 122 valence electrons. The first kappa shape index (κ1) is 14.8. The Labute approximate surface area is 140 Å². The maximum Gasteiger partial charge on any atom is 0.231 e. The lowest BCUT2D eigenvalue weighted by Crippen LogP contribution is -2.14. The first-order valence-corrected chi connectivity index (χ1v) is 8.07. The van der Waals surface area contributed by atoms with Crippen LogP contribution in [-0.4, -0.2) is 13.4 Å². The van der Waals surface area contributed by atoms with Gasteiger partial charge in [0.05, 0.1) is 6.61 Å². The molecule has 1 atom stereocenters. The molecular formula is C20H19NO3. The molecule has 3 aromatic rings. The van der Waals surface area contributed by atoms with E-state index < -0.39 is 0 Å². The average molecular weight is 321 g/mol. The SMILES string of the molecule is NC(CCOc1cccc2ccccc12)c1ccc2c(c1)OCO2. The van der Waals surface area contributed by atoms with Crippen LogP contribution in [0.4, 0.5) is 0 Å². The zero-order valence-electron chi connectivity index (χ0n) is 13.3. The summed E-state index contributed by atoms with van der Waals surface area (Å²) in [4.78, 5) is 0. The summed E-state index contributed by atoms with van der Waals surface area (Å²) in [6.45, 7) is 0.835. The minimum absolute atomic E-state index is 0.102. The number of hydrogen-bond acceptors (Lipinski definition) is 4. The summed E-state index contributed by atoms with van der Waals surface area (Å²) in [6.07, 6.45) is 0.725. The Bertz CT molecular complexity index is 857. The zero-order chi connectivity index (χ0) is 16.4. The lowest BCUT2D eigenvalue weighted by atomic mass is 10.0. The molecule has 4 heteroatoms. The van der Waals surface area contributed by atoms with Crippen molar-refractivity contribution in [3.63, 3.8) is 0 Å². The summed E-state index contributed by atoms with van der Waals surface area (Å²) in [5.74, 6) is 2.43. The standard InChI is InChI=1S/C20H19NO3/c21-17(15-8-9-19-20(12-15)24-13-23-19)10-11-22-18-7-3-5-14-4-1-2-6-16(14)18/h1-9,12,17H,10-11,13,21H2. The van der Waals surface area contributed by atoms with Crippen molar-refractivity contribution in [1.82, 2.24) is 0 Å². The summed E-state index contributed by atoms with van der Waals surface area (Å²) in [6, 6.07) is 20.0. The minimum Gasteiger partial charge on any atom is -0.493 e. The van der Waals surface area contributed by atoms with Crippen molar-refractivity contribution in [3.8, 4) is 17.2 Å². The number of hydrogen-bond donors (Lipinski definition) is 1. The van der Waals surface area contributed by atoms with Crippen molar-refractivity contribution < 1.29 is 14.2 Å². The van der Waals surface area contributed by atoms with Crippen LogP contribution in [0.3, 0.4) is 0 Å².